The Bertz CT molecular complexity index is 1060. The van der Waals surface area contributed by atoms with Gasteiger partial charge in [0.2, 0.25) is 0 Å². The molecule has 1 aliphatic rings. The normalized spacial score (nSPS) is 13.1. The highest BCUT2D eigenvalue weighted by molar-refractivity contribution is 7.89. The first-order chi connectivity index (χ1) is 13.2. The van der Waals surface area contributed by atoms with Crippen molar-refractivity contribution in [1.82, 2.24) is 10.3 Å². The molecule has 0 aliphatic carbocycles. The summed E-state index contributed by atoms with van der Waals surface area (Å²) in [6.45, 7) is 3.92. The number of hydrogen-bond acceptors (Lipinski definition) is 6. The van der Waals surface area contributed by atoms with Crippen LogP contribution in [0, 0.1) is 13.8 Å². The molecule has 0 atom stereocenters. The highest BCUT2D eigenvalue weighted by Gasteiger charge is 2.22. The van der Waals surface area contributed by atoms with Crippen LogP contribution >= 0.6 is 0 Å². The van der Waals surface area contributed by atoms with Gasteiger partial charge in [-0.05, 0) is 55.3 Å². The van der Waals surface area contributed by atoms with E-state index < -0.39 is 21.9 Å². The predicted octanol–water partition coefficient (Wildman–Crippen LogP) is 1.40. The summed E-state index contributed by atoms with van der Waals surface area (Å²) in [4.78, 5) is 25.3. The van der Waals surface area contributed by atoms with E-state index in [1.165, 1.54) is 18.2 Å². The molecule has 9 nitrogen and oxygen atoms in total. The van der Waals surface area contributed by atoms with Gasteiger partial charge in [0.05, 0.1) is 10.5 Å². The molecule has 1 amide bonds. The third-order valence-corrected chi connectivity index (χ3v) is 5.63. The molecule has 3 N–H and O–H groups in total. The Morgan fingerprint density at radius 2 is 1.68 bits per heavy atom. The first-order valence-corrected chi connectivity index (χ1v) is 9.73. The van der Waals surface area contributed by atoms with Gasteiger partial charge in [0.25, 0.3) is 15.9 Å². The van der Waals surface area contributed by atoms with Gasteiger partial charge < -0.3 is 14.6 Å². The first-order valence-electron chi connectivity index (χ1n) is 8.25. The summed E-state index contributed by atoms with van der Waals surface area (Å²) in [7, 11) is -4.19. The number of amides is 1. The third kappa shape index (κ3) is 3.92. The van der Waals surface area contributed by atoms with E-state index in [9.17, 15) is 18.0 Å². The molecule has 2 aromatic rings. The monoisotopic (exact) mass is 406 g/mol. The second-order valence-electron chi connectivity index (χ2n) is 6.14. The molecule has 0 radical (unpaired) electrons. The predicted molar refractivity (Wildman–Crippen MR) is 98.1 cm³/mol. The van der Waals surface area contributed by atoms with Crippen molar-refractivity contribution in [2.75, 3.05) is 13.2 Å². The van der Waals surface area contributed by atoms with Crippen LogP contribution in [-0.4, -0.2) is 38.6 Å². The average molecular weight is 406 g/mol. The van der Waals surface area contributed by atoms with Crippen LogP contribution in [0.5, 0.6) is 11.5 Å². The number of carboxylic acid groups (broad SMARTS) is 1. The lowest BCUT2D eigenvalue weighted by atomic mass is 10.1. The van der Waals surface area contributed by atoms with Gasteiger partial charge in [-0.2, -0.15) is 0 Å². The summed E-state index contributed by atoms with van der Waals surface area (Å²) in [5, 5.41) is 9.15. The Morgan fingerprint density at radius 1 is 1.00 bits per heavy atom. The van der Waals surface area contributed by atoms with Gasteiger partial charge in [-0.1, -0.05) is 0 Å². The number of rotatable bonds is 5. The van der Waals surface area contributed by atoms with Crippen molar-refractivity contribution in [3.8, 4) is 11.5 Å². The lowest BCUT2D eigenvalue weighted by molar-refractivity contribution is 0.0696. The van der Waals surface area contributed by atoms with Crippen molar-refractivity contribution in [1.29, 1.82) is 0 Å². The van der Waals surface area contributed by atoms with Crippen molar-refractivity contribution in [2.24, 2.45) is 0 Å². The molecule has 1 aliphatic heterocycles. The number of benzene rings is 2. The number of hydrazine groups is 1. The summed E-state index contributed by atoms with van der Waals surface area (Å²) in [6, 6.07) is 6.89. The largest absolute Gasteiger partial charge is 0.486 e. The zero-order valence-corrected chi connectivity index (χ0v) is 15.9. The van der Waals surface area contributed by atoms with E-state index in [0.29, 0.717) is 35.8 Å². The molecule has 0 aromatic heterocycles. The molecule has 2 aromatic carbocycles. The number of ether oxygens (including phenoxy) is 2. The van der Waals surface area contributed by atoms with E-state index in [1.54, 1.807) is 19.9 Å². The van der Waals surface area contributed by atoms with Crippen molar-refractivity contribution < 1.29 is 32.6 Å². The number of sulfonamides is 1. The van der Waals surface area contributed by atoms with Crippen LogP contribution < -0.4 is 19.7 Å². The summed E-state index contributed by atoms with van der Waals surface area (Å²) < 4.78 is 35.9. The molecule has 148 valence electrons. The average Bonchev–Trinajstić information content (AvgIpc) is 2.67. The van der Waals surface area contributed by atoms with E-state index in [4.69, 9.17) is 14.6 Å². The third-order valence-electron chi connectivity index (χ3n) is 4.26. The molecule has 0 saturated carbocycles. The highest BCUT2D eigenvalue weighted by atomic mass is 32.2. The molecule has 0 unspecified atom stereocenters. The number of carbonyl (C=O) groups excluding carboxylic acids is 1. The number of hydrogen-bond donors (Lipinski definition) is 3. The maximum Gasteiger partial charge on any atom is 0.335 e. The fourth-order valence-corrected chi connectivity index (χ4v) is 3.84. The van der Waals surface area contributed by atoms with Gasteiger partial charge in [-0.25, -0.2) is 13.2 Å². The first kappa shape index (κ1) is 19.6. The molecule has 28 heavy (non-hydrogen) atoms. The van der Waals surface area contributed by atoms with Crippen LogP contribution in [0.2, 0.25) is 0 Å². The number of fused-ring (bicyclic) bond motifs is 1. The van der Waals surface area contributed by atoms with Crippen LogP contribution in [0.4, 0.5) is 0 Å². The smallest absolute Gasteiger partial charge is 0.335 e. The summed E-state index contributed by atoms with van der Waals surface area (Å²) in [5.41, 5.74) is 3.00. The van der Waals surface area contributed by atoms with Gasteiger partial charge in [-0.15, -0.1) is 4.83 Å². The fraction of sp³-hybridized carbons (Fsp3) is 0.222. The number of carbonyl (C=O) groups is 2. The second kappa shape index (κ2) is 7.49. The standard InChI is InChI=1S/C18H18N2O7S/c1-10-7-13(18(22)23)9-16(11(10)2)28(24,25)20-19-17(21)12-3-4-14-15(8-12)27-6-5-26-14/h3-4,7-9,20H,5-6H2,1-2H3,(H,19,21)(H,22,23). The minimum atomic E-state index is -4.19. The topological polar surface area (TPSA) is 131 Å². The minimum Gasteiger partial charge on any atom is -0.486 e. The lowest BCUT2D eigenvalue weighted by Gasteiger charge is -2.18. The number of carboxylic acids is 1. The number of aromatic carboxylic acids is 1. The summed E-state index contributed by atoms with van der Waals surface area (Å²) in [5.74, 6) is -1.06. The molecular formula is C18H18N2O7S. The Morgan fingerprint density at radius 3 is 2.36 bits per heavy atom. The molecular weight excluding hydrogens is 388 g/mol. The molecule has 3 rings (SSSR count). The van der Waals surface area contributed by atoms with E-state index in [1.807, 2.05) is 4.83 Å². The van der Waals surface area contributed by atoms with Crippen LogP contribution in [0.1, 0.15) is 31.8 Å². The zero-order valence-electron chi connectivity index (χ0n) is 15.1. The highest BCUT2D eigenvalue weighted by Crippen LogP contribution is 2.30. The van der Waals surface area contributed by atoms with Crippen molar-refractivity contribution in [2.45, 2.75) is 18.7 Å². The second-order valence-corrected chi connectivity index (χ2v) is 7.79. The van der Waals surface area contributed by atoms with E-state index in [0.717, 1.165) is 6.07 Å². The van der Waals surface area contributed by atoms with Crippen LogP contribution in [0.3, 0.4) is 0 Å². The summed E-state index contributed by atoms with van der Waals surface area (Å²) in [6.07, 6.45) is 0. The van der Waals surface area contributed by atoms with Gasteiger partial charge in [0.1, 0.15) is 13.2 Å². The molecule has 0 saturated heterocycles. The lowest BCUT2D eigenvalue weighted by Crippen LogP contribution is -2.41. The van der Waals surface area contributed by atoms with E-state index >= 15 is 0 Å². The van der Waals surface area contributed by atoms with Crippen LogP contribution in [-0.2, 0) is 10.0 Å². The molecule has 0 bridgehead atoms. The molecule has 1 heterocycles. The molecule has 0 fully saturated rings. The number of nitrogens with one attached hydrogen (secondary N) is 2. The molecule has 10 heteroatoms. The van der Waals surface area contributed by atoms with Gasteiger partial charge in [0, 0.05) is 5.56 Å². The fourth-order valence-electron chi connectivity index (χ4n) is 2.65. The quantitative estimate of drug-likeness (QED) is 0.640. The SMILES string of the molecule is Cc1cc(C(=O)O)cc(S(=O)(=O)NNC(=O)c2ccc3c(c2)OCCO3)c1C. The Hall–Kier alpha value is -3.11. The maximum atomic E-state index is 12.6. The van der Waals surface area contributed by atoms with Gasteiger partial charge in [0.15, 0.2) is 11.5 Å². The van der Waals surface area contributed by atoms with Crippen LogP contribution in [0.15, 0.2) is 35.2 Å². The molecule has 0 spiro atoms. The van der Waals surface area contributed by atoms with E-state index in [-0.39, 0.29) is 16.0 Å². The Balaban J connectivity index is 1.80. The van der Waals surface area contributed by atoms with Gasteiger partial charge in [-0.3, -0.25) is 10.2 Å². The zero-order chi connectivity index (χ0) is 20.5. The number of aryl methyl sites for hydroxylation is 1. The van der Waals surface area contributed by atoms with Crippen molar-refractivity contribution in [3.05, 3.63) is 52.6 Å². The minimum absolute atomic E-state index is 0.165. The van der Waals surface area contributed by atoms with Crippen molar-refractivity contribution >= 4 is 21.9 Å². The Kier molecular flexibility index (Phi) is 5.25. The Labute approximate surface area is 161 Å². The van der Waals surface area contributed by atoms with E-state index in [2.05, 4.69) is 5.43 Å². The van der Waals surface area contributed by atoms with Crippen molar-refractivity contribution in [3.63, 3.8) is 0 Å². The summed E-state index contributed by atoms with van der Waals surface area (Å²) >= 11 is 0. The van der Waals surface area contributed by atoms with Gasteiger partial charge >= 0.3 is 5.97 Å². The maximum absolute atomic E-state index is 12.6. The van der Waals surface area contributed by atoms with Crippen LogP contribution in [0.25, 0.3) is 0 Å².